The van der Waals surface area contributed by atoms with E-state index < -0.39 is 14.6 Å². The van der Waals surface area contributed by atoms with Gasteiger partial charge in [0, 0.05) is 38.1 Å². The van der Waals surface area contributed by atoms with Crippen LogP contribution in [-0.2, 0) is 24.1 Å². The molecule has 0 unspecified atom stereocenters. The zero-order chi connectivity index (χ0) is 20.5. The summed E-state index contributed by atoms with van der Waals surface area (Å²) in [5.41, 5.74) is 0.494. The average molecular weight is 423 g/mol. The Morgan fingerprint density at radius 1 is 1.24 bits per heavy atom. The summed E-state index contributed by atoms with van der Waals surface area (Å²) in [6, 6.07) is 3.69. The zero-order valence-electron chi connectivity index (χ0n) is 16.6. The van der Waals surface area contributed by atoms with Crippen molar-refractivity contribution < 1.29 is 17.9 Å². The molecule has 2 aromatic heterocycles. The van der Waals surface area contributed by atoms with Crippen LogP contribution in [0.4, 0.5) is 17.6 Å². The number of nitrogens with one attached hydrogen (secondary N) is 2. The molecule has 158 valence electrons. The van der Waals surface area contributed by atoms with Crippen LogP contribution in [0.25, 0.3) is 0 Å². The lowest BCUT2D eigenvalue weighted by Crippen LogP contribution is -2.45. The molecule has 0 aliphatic carbocycles. The van der Waals surface area contributed by atoms with Crippen molar-refractivity contribution in [3.63, 3.8) is 0 Å². The molecule has 0 aromatic carbocycles. The fraction of sp³-hybridized carbons (Fsp3) is 0.611. The molecule has 1 atom stereocenters. The Labute approximate surface area is 169 Å². The van der Waals surface area contributed by atoms with Crippen LogP contribution in [0.1, 0.15) is 25.5 Å². The van der Waals surface area contributed by atoms with E-state index in [0.717, 1.165) is 0 Å². The molecule has 4 heterocycles. The SMILES string of the molecule is C[C@@H]1COCCN1c1cc(C2(S(C)(=O)=O)CCOCC2)nc(Nc2ccn[nH]2)n1. The first-order chi connectivity index (χ1) is 13.9. The Bertz CT molecular complexity index is 943. The lowest BCUT2D eigenvalue weighted by atomic mass is 9.94. The van der Waals surface area contributed by atoms with E-state index in [2.05, 4.69) is 37.3 Å². The first-order valence-electron chi connectivity index (χ1n) is 9.67. The van der Waals surface area contributed by atoms with Gasteiger partial charge in [0.05, 0.1) is 31.1 Å². The molecule has 2 aliphatic heterocycles. The second-order valence-corrected chi connectivity index (χ2v) is 9.85. The summed E-state index contributed by atoms with van der Waals surface area (Å²) in [6.07, 6.45) is 3.63. The topological polar surface area (TPSA) is 122 Å². The van der Waals surface area contributed by atoms with Gasteiger partial charge in [0.15, 0.2) is 9.84 Å². The largest absolute Gasteiger partial charge is 0.381 e. The molecule has 2 fully saturated rings. The molecule has 0 saturated carbocycles. The predicted molar refractivity (Wildman–Crippen MR) is 108 cm³/mol. The Kier molecular flexibility index (Phi) is 5.45. The maximum Gasteiger partial charge on any atom is 0.230 e. The predicted octanol–water partition coefficient (Wildman–Crippen LogP) is 1.22. The number of rotatable bonds is 5. The van der Waals surface area contributed by atoms with Crippen LogP contribution in [0, 0.1) is 0 Å². The minimum atomic E-state index is -3.44. The van der Waals surface area contributed by atoms with Crippen LogP contribution >= 0.6 is 0 Å². The van der Waals surface area contributed by atoms with Crippen LogP contribution in [0.15, 0.2) is 18.3 Å². The number of sulfone groups is 1. The minimum Gasteiger partial charge on any atom is -0.381 e. The molecule has 0 bridgehead atoms. The number of aromatic nitrogens is 4. The van der Waals surface area contributed by atoms with Gasteiger partial charge in [-0.1, -0.05) is 0 Å². The molecule has 0 radical (unpaired) electrons. The van der Waals surface area contributed by atoms with Crippen molar-refractivity contribution in [1.29, 1.82) is 0 Å². The summed E-state index contributed by atoms with van der Waals surface area (Å²) >= 11 is 0. The Hall–Kier alpha value is -2.24. The first kappa shape index (κ1) is 20.0. The summed E-state index contributed by atoms with van der Waals surface area (Å²) in [7, 11) is -3.44. The molecular formula is C18H26N6O4S. The molecule has 29 heavy (non-hydrogen) atoms. The van der Waals surface area contributed by atoms with Crippen molar-refractivity contribution in [1.82, 2.24) is 20.2 Å². The molecular weight excluding hydrogens is 396 g/mol. The molecule has 11 heteroatoms. The lowest BCUT2D eigenvalue weighted by Gasteiger charge is -2.37. The third kappa shape index (κ3) is 3.94. The van der Waals surface area contributed by atoms with E-state index >= 15 is 0 Å². The van der Waals surface area contributed by atoms with Crippen LogP contribution in [0.3, 0.4) is 0 Å². The van der Waals surface area contributed by atoms with E-state index in [1.54, 1.807) is 12.3 Å². The van der Waals surface area contributed by atoms with Crippen LogP contribution in [0.2, 0.25) is 0 Å². The smallest absolute Gasteiger partial charge is 0.230 e. The fourth-order valence-electron chi connectivity index (χ4n) is 3.90. The summed E-state index contributed by atoms with van der Waals surface area (Å²) in [4.78, 5) is 11.4. The van der Waals surface area contributed by atoms with Crippen LogP contribution in [0.5, 0.6) is 0 Å². The third-order valence-electron chi connectivity index (χ3n) is 5.60. The second kappa shape index (κ2) is 7.88. The Morgan fingerprint density at radius 2 is 2.03 bits per heavy atom. The molecule has 2 aromatic rings. The maximum atomic E-state index is 12.9. The number of ether oxygens (including phenoxy) is 2. The summed E-state index contributed by atoms with van der Waals surface area (Å²) in [5.74, 6) is 1.64. The molecule has 0 spiro atoms. The van der Waals surface area contributed by atoms with Gasteiger partial charge in [0.1, 0.15) is 16.4 Å². The van der Waals surface area contributed by atoms with E-state index in [4.69, 9.17) is 9.47 Å². The van der Waals surface area contributed by atoms with E-state index in [1.807, 2.05) is 6.07 Å². The molecule has 4 rings (SSSR count). The van der Waals surface area contributed by atoms with Gasteiger partial charge in [0.2, 0.25) is 5.95 Å². The number of morpholine rings is 1. The highest BCUT2D eigenvalue weighted by Crippen LogP contribution is 2.40. The number of nitrogens with zero attached hydrogens (tertiary/aromatic N) is 4. The molecule has 2 N–H and O–H groups in total. The van der Waals surface area contributed by atoms with Crippen molar-refractivity contribution in [3.8, 4) is 0 Å². The molecule has 2 saturated heterocycles. The quantitative estimate of drug-likeness (QED) is 0.732. The van der Waals surface area contributed by atoms with Gasteiger partial charge >= 0.3 is 0 Å². The van der Waals surface area contributed by atoms with Gasteiger partial charge in [-0.25, -0.2) is 13.4 Å². The average Bonchev–Trinajstić information content (AvgIpc) is 3.21. The van der Waals surface area contributed by atoms with Gasteiger partial charge in [-0.15, -0.1) is 0 Å². The first-order valence-corrected chi connectivity index (χ1v) is 11.6. The lowest BCUT2D eigenvalue weighted by molar-refractivity contribution is 0.0731. The standard InChI is InChI=1S/C18H26N6O4S/c1-13-12-28-10-7-24(13)16-11-14(18(29(2,25)26)4-8-27-9-5-18)20-17(22-16)21-15-3-6-19-23-15/h3,6,11,13H,4-5,7-10,12H2,1-2H3,(H2,19,20,21,22,23)/t13-/m1/s1. The van der Waals surface area contributed by atoms with Crippen molar-refractivity contribution in [2.24, 2.45) is 0 Å². The third-order valence-corrected chi connectivity index (χ3v) is 7.64. The molecule has 10 nitrogen and oxygen atoms in total. The van der Waals surface area contributed by atoms with E-state index in [9.17, 15) is 8.42 Å². The van der Waals surface area contributed by atoms with Gasteiger partial charge in [-0.05, 0) is 19.8 Å². The number of hydrogen-bond acceptors (Lipinski definition) is 9. The Morgan fingerprint density at radius 3 is 2.69 bits per heavy atom. The number of hydrogen-bond donors (Lipinski definition) is 2. The molecule has 2 aliphatic rings. The van der Waals surface area contributed by atoms with Gasteiger partial charge < -0.3 is 19.7 Å². The van der Waals surface area contributed by atoms with Gasteiger partial charge in [-0.3, -0.25) is 5.10 Å². The normalized spacial score (nSPS) is 22.4. The summed E-state index contributed by atoms with van der Waals surface area (Å²) in [5, 5.41) is 9.85. The summed E-state index contributed by atoms with van der Waals surface area (Å²) in [6.45, 7) is 4.68. The van der Waals surface area contributed by atoms with Crippen LogP contribution < -0.4 is 10.2 Å². The second-order valence-electron chi connectivity index (χ2n) is 7.53. The highest BCUT2D eigenvalue weighted by molar-refractivity contribution is 7.91. The number of aromatic amines is 1. The van der Waals surface area contributed by atoms with Gasteiger partial charge in [0.25, 0.3) is 0 Å². The van der Waals surface area contributed by atoms with Crippen molar-refractivity contribution in [2.75, 3.05) is 49.4 Å². The monoisotopic (exact) mass is 422 g/mol. The molecule has 0 amide bonds. The van der Waals surface area contributed by atoms with E-state index in [1.165, 1.54) is 6.26 Å². The van der Waals surface area contributed by atoms with E-state index in [-0.39, 0.29) is 6.04 Å². The van der Waals surface area contributed by atoms with Crippen molar-refractivity contribution in [2.45, 2.75) is 30.6 Å². The van der Waals surface area contributed by atoms with Crippen LogP contribution in [-0.4, -0.2) is 73.9 Å². The number of anilines is 3. The highest BCUT2D eigenvalue weighted by atomic mass is 32.2. The maximum absolute atomic E-state index is 12.9. The van der Waals surface area contributed by atoms with Crippen molar-refractivity contribution >= 4 is 27.4 Å². The highest BCUT2D eigenvalue weighted by Gasteiger charge is 2.46. The van der Waals surface area contributed by atoms with E-state index in [0.29, 0.717) is 69.1 Å². The summed E-state index contributed by atoms with van der Waals surface area (Å²) < 4.78 is 35.7. The minimum absolute atomic E-state index is 0.121. The number of H-pyrrole nitrogens is 1. The fourth-order valence-corrected chi connectivity index (χ4v) is 5.30. The zero-order valence-corrected chi connectivity index (χ0v) is 17.4. The Balaban J connectivity index is 1.82. The van der Waals surface area contributed by atoms with Crippen molar-refractivity contribution in [3.05, 3.63) is 24.0 Å². The van der Waals surface area contributed by atoms with Gasteiger partial charge in [-0.2, -0.15) is 10.1 Å².